The van der Waals surface area contributed by atoms with Crippen molar-refractivity contribution in [2.45, 2.75) is 11.8 Å². The number of hydrogen-bond donors (Lipinski definition) is 2. The maximum atomic E-state index is 13.5. The monoisotopic (exact) mass is 293 g/mol. The minimum Gasteiger partial charge on any atom is -0.399 e. The van der Waals surface area contributed by atoms with Crippen molar-refractivity contribution in [2.75, 3.05) is 32.4 Å². The van der Waals surface area contributed by atoms with E-state index in [4.69, 9.17) is 5.73 Å². The summed E-state index contributed by atoms with van der Waals surface area (Å²) in [4.78, 5) is 1.10. The number of anilines is 1. The summed E-state index contributed by atoms with van der Waals surface area (Å²) in [5.41, 5.74) is 5.17. The van der Waals surface area contributed by atoms with Gasteiger partial charge in [0.1, 0.15) is 4.90 Å². The largest absolute Gasteiger partial charge is 0.399 e. The number of sulfonamides is 1. The molecule has 0 radical (unpaired) electrons. The molecular formula is C11H17F2N3O2S. The predicted molar refractivity (Wildman–Crippen MR) is 69.1 cm³/mol. The van der Waals surface area contributed by atoms with Gasteiger partial charge < -0.3 is 10.6 Å². The zero-order valence-corrected chi connectivity index (χ0v) is 11.6. The van der Waals surface area contributed by atoms with E-state index in [1.807, 2.05) is 18.9 Å². The number of halogens is 2. The fraction of sp³-hybridized carbons (Fsp3) is 0.455. The molecule has 0 unspecified atom stereocenters. The Morgan fingerprint density at radius 2 is 2.00 bits per heavy atom. The maximum absolute atomic E-state index is 13.5. The van der Waals surface area contributed by atoms with Crippen LogP contribution in [0, 0.1) is 11.6 Å². The Balaban J connectivity index is 2.89. The normalized spacial score (nSPS) is 12.1. The molecule has 0 aromatic heterocycles. The highest BCUT2D eigenvalue weighted by atomic mass is 32.2. The van der Waals surface area contributed by atoms with Crippen molar-refractivity contribution in [3.8, 4) is 0 Å². The van der Waals surface area contributed by atoms with Gasteiger partial charge in [-0.25, -0.2) is 21.9 Å². The number of nitrogens with zero attached hydrogens (tertiary/aromatic N) is 1. The summed E-state index contributed by atoms with van der Waals surface area (Å²) in [7, 11) is -2.30. The van der Waals surface area contributed by atoms with Crippen LogP contribution in [0.4, 0.5) is 14.5 Å². The highest BCUT2D eigenvalue weighted by Gasteiger charge is 2.22. The molecule has 0 amide bonds. The minimum absolute atomic E-state index is 0.0997. The number of nitrogen functional groups attached to an aromatic ring is 1. The van der Waals surface area contributed by atoms with Crippen LogP contribution in [0.25, 0.3) is 0 Å². The van der Waals surface area contributed by atoms with Crippen LogP contribution in [-0.4, -0.2) is 40.0 Å². The van der Waals surface area contributed by atoms with Crippen molar-refractivity contribution < 1.29 is 17.2 Å². The summed E-state index contributed by atoms with van der Waals surface area (Å²) in [5.74, 6) is -2.71. The van der Waals surface area contributed by atoms with E-state index in [2.05, 4.69) is 4.72 Å². The summed E-state index contributed by atoms with van der Waals surface area (Å²) in [6.07, 6.45) is 0. The van der Waals surface area contributed by atoms with Gasteiger partial charge in [0.15, 0.2) is 11.6 Å². The van der Waals surface area contributed by atoms with Gasteiger partial charge >= 0.3 is 0 Å². The zero-order valence-electron chi connectivity index (χ0n) is 10.8. The molecular weight excluding hydrogens is 276 g/mol. The number of nitrogens with one attached hydrogen (secondary N) is 1. The van der Waals surface area contributed by atoms with Crippen molar-refractivity contribution >= 4 is 15.7 Å². The van der Waals surface area contributed by atoms with Gasteiger partial charge in [-0.2, -0.15) is 0 Å². The fourth-order valence-electron chi connectivity index (χ4n) is 1.39. The molecule has 0 atom stereocenters. The Kier molecular flexibility index (Phi) is 5.21. The van der Waals surface area contributed by atoms with Crippen molar-refractivity contribution in [2.24, 2.45) is 0 Å². The first kappa shape index (κ1) is 15.8. The Hall–Kier alpha value is -1.25. The van der Waals surface area contributed by atoms with E-state index in [1.165, 1.54) is 0 Å². The van der Waals surface area contributed by atoms with Crippen LogP contribution >= 0.6 is 0 Å². The van der Waals surface area contributed by atoms with Crippen LogP contribution in [0.3, 0.4) is 0 Å². The molecule has 0 aliphatic carbocycles. The second-order valence-electron chi connectivity index (χ2n) is 4.11. The topological polar surface area (TPSA) is 75.4 Å². The highest BCUT2D eigenvalue weighted by Crippen LogP contribution is 2.20. The van der Waals surface area contributed by atoms with Gasteiger partial charge in [0.05, 0.1) is 0 Å². The molecule has 3 N–H and O–H groups in total. The smallest absolute Gasteiger partial charge is 0.243 e. The van der Waals surface area contributed by atoms with Crippen LogP contribution in [0.15, 0.2) is 17.0 Å². The van der Waals surface area contributed by atoms with E-state index >= 15 is 0 Å². The van der Waals surface area contributed by atoms with Crippen molar-refractivity contribution in [1.82, 2.24) is 9.62 Å². The van der Waals surface area contributed by atoms with Crippen LogP contribution in [0.5, 0.6) is 0 Å². The molecule has 108 valence electrons. The van der Waals surface area contributed by atoms with Crippen LogP contribution in [0.1, 0.15) is 6.92 Å². The Morgan fingerprint density at radius 1 is 1.37 bits per heavy atom. The molecule has 0 saturated heterocycles. The van der Waals surface area contributed by atoms with Crippen LogP contribution in [0.2, 0.25) is 0 Å². The average Bonchev–Trinajstić information content (AvgIpc) is 2.33. The number of benzene rings is 1. The molecule has 0 saturated carbocycles. The predicted octanol–water partition coefficient (Wildman–Crippen LogP) is 0.777. The van der Waals surface area contributed by atoms with Crippen LogP contribution < -0.4 is 10.5 Å². The van der Waals surface area contributed by atoms with E-state index in [1.54, 1.807) is 0 Å². The summed E-state index contributed by atoms with van der Waals surface area (Å²) < 4.78 is 52.5. The third-order valence-corrected chi connectivity index (χ3v) is 4.09. The van der Waals surface area contributed by atoms with Gasteiger partial charge in [-0.15, -0.1) is 0 Å². The lowest BCUT2D eigenvalue weighted by Gasteiger charge is -2.14. The average molecular weight is 293 g/mol. The van der Waals surface area contributed by atoms with Crippen LogP contribution in [-0.2, 0) is 10.0 Å². The van der Waals surface area contributed by atoms with Gasteiger partial charge in [0.25, 0.3) is 0 Å². The summed E-state index contributed by atoms with van der Waals surface area (Å²) in [6.45, 7) is 3.23. The first-order chi connectivity index (χ1) is 8.77. The first-order valence-corrected chi connectivity index (χ1v) is 7.19. The second-order valence-corrected chi connectivity index (χ2v) is 5.84. The second kappa shape index (κ2) is 6.27. The molecule has 0 heterocycles. The Morgan fingerprint density at radius 3 is 2.58 bits per heavy atom. The number of nitrogens with two attached hydrogens (primary N) is 1. The summed E-state index contributed by atoms with van der Waals surface area (Å²) >= 11 is 0. The van der Waals surface area contributed by atoms with E-state index in [0.717, 1.165) is 18.7 Å². The lowest BCUT2D eigenvalue weighted by Crippen LogP contribution is -2.33. The van der Waals surface area contributed by atoms with Crippen molar-refractivity contribution in [3.63, 3.8) is 0 Å². The number of likely N-dealkylation sites (N-methyl/N-ethyl adjacent to an activating group) is 1. The molecule has 0 aliphatic rings. The minimum atomic E-state index is -4.11. The number of rotatable bonds is 6. The summed E-state index contributed by atoms with van der Waals surface area (Å²) in [5, 5.41) is 0. The van der Waals surface area contributed by atoms with Gasteiger partial charge in [-0.05, 0) is 25.7 Å². The molecule has 0 bridgehead atoms. The molecule has 1 aromatic carbocycles. The van der Waals surface area contributed by atoms with E-state index in [0.29, 0.717) is 6.54 Å². The lowest BCUT2D eigenvalue weighted by atomic mass is 10.3. The highest BCUT2D eigenvalue weighted by molar-refractivity contribution is 7.89. The lowest BCUT2D eigenvalue weighted by molar-refractivity contribution is 0.357. The molecule has 0 spiro atoms. The fourth-order valence-corrected chi connectivity index (χ4v) is 2.53. The third kappa shape index (κ3) is 4.12. The quantitative estimate of drug-likeness (QED) is 0.760. The van der Waals surface area contributed by atoms with E-state index < -0.39 is 26.6 Å². The molecule has 0 fully saturated rings. The molecule has 1 rings (SSSR count). The molecule has 5 nitrogen and oxygen atoms in total. The Bertz CT molecular complexity index is 549. The zero-order chi connectivity index (χ0) is 14.6. The third-order valence-electron chi connectivity index (χ3n) is 2.63. The molecule has 0 aliphatic heterocycles. The number of hydrogen-bond acceptors (Lipinski definition) is 4. The summed E-state index contributed by atoms with van der Waals surface area (Å²) in [6, 6.07) is 1.63. The van der Waals surface area contributed by atoms with E-state index in [-0.39, 0.29) is 12.2 Å². The van der Waals surface area contributed by atoms with Crippen molar-refractivity contribution in [1.29, 1.82) is 0 Å². The SMILES string of the molecule is CCN(C)CCNS(=O)(=O)c1cc(N)cc(F)c1F. The van der Waals surface area contributed by atoms with Gasteiger partial charge in [-0.1, -0.05) is 6.92 Å². The van der Waals surface area contributed by atoms with Gasteiger partial charge in [0.2, 0.25) is 10.0 Å². The van der Waals surface area contributed by atoms with Gasteiger partial charge in [0, 0.05) is 18.8 Å². The molecule has 1 aromatic rings. The maximum Gasteiger partial charge on any atom is 0.243 e. The van der Waals surface area contributed by atoms with Crippen molar-refractivity contribution in [3.05, 3.63) is 23.8 Å². The molecule has 8 heteroatoms. The van der Waals surface area contributed by atoms with E-state index in [9.17, 15) is 17.2 Å². The molecule has 19 heavy (non-hydrogen) atoms. The Labute approximate surface area is 111 Å². The first-order valence-electron chi connectivity index (χ1n) is 5.70. The standard InChI is InChI=1S/C11H17F2N3O2S/c1-3-16(2)5-4-15-19(17,18)10-7-8(14)6-9(12)11(10)13/h6-7,15H,3-5,14H2,1-2H3. The van der Waals surface area contributed by atoms with Gasteiger partial charge in [-0.3, -0.25) is 0 Å².